The minimum atomic E-state index is -0.913. The lowest BCUT2D eigenvalue weighted by Crippen LogP contribution is -1.98. The van der Waals surface area contributed by atoms with Gasteiger partial charge in [0.25, 0.3) is 0 Å². The minimum absolute atomic E-state index is 0.299. The van der Waals surface area contributed by atoms with E-state index >= 15 is 0 Å². The van der Waals surface area contributed by atoms with Crippen molar-refractivity contribution in [3.8, 4) is 0 Å². The number of hydrogen-bond acceptors (Lipinski definition) is 2. The first-order chi connectivity index (χ1) is 6.18. The number of aromatic carboxylic acids is 1. The van der Waals surface area contributed by atoms with Crippen molar-refractivity contribution >= 4 is 5.97 Å². The second-order valence-electron chi connectivity index (χ2n) is 3.27. The van der Waals surface area contributed by atoms with E-state index in [1.54, 1.807) is 12.1 Å². The fraction of sp³-hybridized carbons (Fsp3) is 0.300. The molecule has 0 saturated carbocycles. The lowest BCUT2D eigenvalue weighted by molar-refractivity contribution is 0.0696. The molecule has 2 N–H and O–H groups in total. The molecule has 68 valence electrons. The lowest BCUT2D eigenvalue weighted by atomic mass is 10.1. The zero-order valence-corrected chi connectivity index (χ0v) is 7.03. The van der Waals surface area contributed by atoms with Crippen molar-refractivity contribution in [2.45, 2.75) is 18.9 Å². The molecule has 3 heteroatoms. The second kappa shape index (κ2) is 2.85. The van der Waals surface area contributed by atoms with Crippen LogP contribution in [0.4, 0.5) is 0 Å². The topological polar surface area (TPSA) is 57.5 Å². The number of benzene rings is 1. The van der Waals surface area contributed by atoms with Crippen LogP contribution in [-0.2, 0) is 6.42 Å². The number of hydrogen-bond donors (Lipinski definition) is 2. The van der Waals surface area contributed by atoms with Crippen molar-refractivity contribution in [3.63, 3.8) is 0 Å². The molecule has 0 fully saturated rings. The fourth-order valence-electron chi connectivity index (χ4n) is 1.73. The summed E-state index contributed by atoms with van der Waals surface area (Å²) in [4.78, 5) is 10.6. The highest BCUT2D eigenvalue weighted by Crippen LogP contribution is 2.31. The number of carbonyl (C=O) groups is 1. The van der Waals surface area contributed by atoms with Crippen molar-refractivity contribution in [2.24, 2.45) is 0 Å². The Bertz CT molecular complexity index is 357. The Morgan fingerprint density at radius 1 is 1.46 bits per heavy atom. The van der Waals surface area contributed by atoms with E-state index in [0.717, 1.165) is 17.5 Å². The molecule has 0 aromatic heterocycles. The van der Waals surface area contributed by atoms with Crippen molar-refractivity contribution < 1.29 is 15.0 Å². The first kappa shape index (κ1) is 8.26. The highest BCUT2D eigenvalue weighted by molar-refractivity contribution is 5.88. The second-order valence-corrected chi connectivity index (χ2v) is 3.27. The smallest absolute Gasteiger partial charge is 0.335 e. The van der Waals surface area contributed by atoms with E-state index in [9.17, 15) is 9.90 Å². The van der Waals surface area contributed by atoms with E-state index in [0.29, 0.717) is 12.0 Å². The van der Waals surface area contributed by atoms with Gasteiger partial charge in [-0.2, -0.15) is 0 Å². The summed E-state index contributed by atoms with van der Waals surface area (Å²) in [6, 6.07) is 4.89. The Morgan fingerprint density at radius 2 is 2.23 bits per heavy atom. The number of aliphatic hydroxyl groups excluding tert-OH is 1. The number of aliphatic hydroxyl groups is 1. The zero-order chi connectivity index (χ0) is 9.42. The van der Waals surface area contributed by atoms with Crippen LogP contribution in [0.15, 0.2) is 18.2 Å². The Balaban J connectivity index is 2.45. The van der Waals surface area contributed by atoms with Gasteiger partial charge in [-0.05, 0) is 36.1 Å². The number of carboxylic acid groups (broad SMARTS) is 1. The summed E-state index contributed by atoms with van der Waals surface area (Å²) in [5.74, 6) is -0.913. The molecule has 1 aromatic carbocycles. The molecular weight excluding hydrogens is 168 g/mol. The molecule has 1 atom stereocenters. The van der Waals surface area contributed by atoms with Crippen LogP contribution in [0.3, 0.4) is 0 Å². The van der Waals surface area contributed by atoms with E-state index in [1.165, 1.54) is 6.07 Å². The van der Waals surface area contributed by atoms with Gasteiger partial charge in [-0.3, -0.25) is 0 Å². The van der Waals surface area contributed by atoms with E-state index in [4.69, 9.17) is 5.11 Å². The molecule has 1 aliphatic carbocycles. The molecule has 3 nitrogen and oxygen atoms in total. The molecular formula is C10H10O3. The summed E-state index contributed by atoms with van der Waals surface area (Å²) in [6.45, 7) is 0. The quantitative estimate of drug-likeness (QED) is 0.682. The number of carboxylic acids is 1. The third-order valence-corrected chi connectivity index (χ3v) is 2.44. The van der Waals surface area contributed by atoms with Gasteiger partial charge in [-0.15, -0.1) is 0 Å². The van der Waals surface area contributed by atoms with Gasteiger partial charge >= 0.3 is 5.97 Å². The van der Waals surface area contributed by atoms with Crippen LogP contribution in [0.1, 0.15) is 34.0 Å². The average molecular weight is 178 g/mol. The molecule has 0 aliphatic heterocycles. The molecule has 13 heavy (non-hydrogen) atoms. The van der Waals surface area contributed by atoms with Crippen molar-refractivity contribution in [1.29, 1.82) is 0 Å². The van der Waals surface area contributed by atoms with Crippen LogP contribution in [0.2, 0.25) is 0 Å². The van der Waals surface area contributed by atoms with Crippen LogP contribution in [0, 0.1) is 0 Å². The molecule has 0 bridgehead atoms. The van der Waals surface area contributed by atoms with Gasteiger partial charge in [-0.1, -0.05) is 6.07 Å². The van der Waals surface area contributed by atoms with Gasteiger partial charge in [0.2, 0.25) is 0 Å². The molecule has 0 heterocycles. The average Bonchev–Trinajstić information content (AvgIpc) is 2.47. The summed E-state index contributed by atoms with van der Waals surface area (Å²) in [5.41, 5.74) is 2.14. The monoisotopic (exact) mass is 178 g/mol. The third-order valence-electron chi connectivity index (χ3n) is 2.44. The maximum atomic E-state index is 10.6. The van der Waals surface area contributed by atoms with E-state index in [2.05, 4.69) is 0 Å². The van der Waals surface area contributed by atoms with Gasteiger partial charge in [0.15, 0.2) is 0 Å². The predicted octanol–water partition coefficient (Wildman–Crippen LogP) is 1.36. The largest absolute Gasteiger partial charge is 0.478 e. The Hall–Kier alpha value is -1.35. The third kappa shape index (κ3) is 1.31. The minimum Gasteiger partial charge on any atom is -0.478 e. The molecule has 0 spiro atoms. The van der Waals surface area contributed by atoms with Gasteiger partial charge in [0.1, 0.15) is 0 Å². The maximum absolute atomic E-state index is 10.6. The fourth-order valence-corrected chi connectivity index (χ4v) is 1.73. The lowest BCUT2D eigenvalue weighted by Gasteiger charge is -2.03. The Morgan fingerprint density at radius 3 is 2.92 bits per heavy atom. The summed E-state index contributed by atoms with van der Waals surface area (Å²) in [7, 11) is 0. The summed E-state index contributed by atoms with van der Waals surface area (Å²) >= 11 is 0. The standard InChI is InChI=1S/C10H10O3/c11-9-4-2-6-5-7(10(12)13)1-3-8(6)9/h1,3,5,9,11H,2,4H2,(H,12,13)/t9-/m0/s1. The van der Waals surface area contributed by atoms with Gasteiger partial charge in [0, 0.05) is 0 Å². The Labute approximate surface area is 75.6 Å². The van der Waals surface area contributed by atoms with Crippen LogP contribution in [0.5, 0.6) is 0 Å². The first-order valence-corrected chi connectivity index (χ1v) is 4.22. The number of aryl methyl sites for hydroxylation is 1. The van der Waals surface area contributed by atoms with Crippen LogP contribution >= 0.6 is 0 Å². The zero-order valence-electron chi connectivity index (χ0n) is 7.03. The van der Waals surface area contributed by atoms with Crippen molar-refractivity contribution in [3.05, 3.63) is 34.9 Å². The first-order valence-electron chi connectivity index (χ1n) is 4.22. The summed E-state index contributed by atoms with van der Waals surface area (Å²) in [6.07, 6.45) is 1.08. The van der Waals surface area contributed by atoms with Crippen LogP contribution in [0.25, 0.3) is 0 Å². The summed E-state index contributed by atoms with van der Waals surface area (Å²) in [5, 5.41) is 18.2. The molecule has 1 aliphatic rings. The predicted molar refractivity (Wildman–Crippen MR) is 46.7 cm³/mol. The maximum Gasteiger partial charge on any atom is 0.335 e. The number of rotatable bonds is 1. The van der Waals surface area contributed by atoms with Crippen LogP contribution in [-0.4, -0.2) is 16.2 Å². The SMILES string of the molecule is O=C(O)c1ccc2c(c1)CC[C@@H]2O. The van der Waals surface area contributed by atoms with Crippen molar-refractivity contribution in [1.82, 2.24) is 0 Å². The molecule has 0 radical (unpaired) electrons. The van der Waals surface area contributed by atoms with Gasteiger partial charge in [0.05, 0.1) is 11.7 Å². The molecule has 0 saturated heterocycles. The van der Waals surface area contributed by atoms with Crippen molar-refractivity contribution in [2.75, 3.05) is 0 Å². The van der Waals surface area contributed by atoms with Gasteiger partial charge < -0.3 is 10.2 Å². The number of fused-ring (bicyclic) bond motifs is 1. The van der Waals surface area contributed by atoms with E-state index < -0.39 is 12.1 Å². The van der Waals surface area contributed by atoms with E-state index in [-0.39, 0.29) is 0 Å². The Kier molecular flexibility index (Phi) is 1.81. The van der Waals surface area contributed by atoms with E-state index in [1.807, 2.05) is 0 Å². The van der Waals surface area contributed by atoms with Gasteiger partial charge in [-0.25, -0.2) is 4.79 Å². The molecule has 0 amide bonds. The molecule has 2 rings (SSSR count). The normalized spacial score (nSPS) is 19.9. The molecule has 1 aromatic rings. The van der Waals surface area contributed by atoms with Crippen LogP contribution < -0.4 is 0 Å². The highest BCUT2D eigenvalue weighted by Gasteiger charge is 2.20. The highest BCUT2D eigenvalue weighted by atomic mass is 16.4. The summed E-state index contributed by atoms with van der Waals surface area (Å²) < 4.78 is 0. The molecule has 0 unspecified atom stereocenters.